The van der Waals surface area contributed by atoms with Crippen molar-refractivity contribution in [1.82, 2.24) is 19.1 Å². The van der Waals surface area contributed by atoms with Crippen molar-refractivity contribution in [2.75, 3.05) is 7.11 Å². The number of aromatic amines is 1. The smallest absolute Gasteiger partial charge is 0.154 e. The van der Waals surface area contributed by atoms with E-state index in [1.54, 1.807) is 27.2 Å². The Labute approximate surface area is 167 Å². The van der Waals surface area contributed by atoms with Crippen LogP contribution in [0.1, 0.15) is 13.8 Å². The molecule has 4 rings (SSSR count). The predicted octanol–water partition coefficient (Wildman–Crippen LogP) is 2.73. The minimum atomic E-state index is -1.16. The number of nitrogens with zero attached hydrogens (tertiary/aromatic N) is 5. The van der Waals surface area contributed by atoms with Gasteiger partial charge in [0, 0.05) is 36.8 Å². The Balaban J connectivity index is 1.85. The number of H-pyrrole nitrogens is 1. The van der Waals surface area contributed by atoms with Gasteiger partial charge < -0.3 is 24.0 Å². The molecule has 8 nitrogen and oxygen atoms in total. The quantitative estimate of drug-likeness (QED) is 0.413. The van der Waals surface area contributed by atoms with Crippen LogP contribution in [0.15, 0.2) is 46.6 Å². The molecule has 150 valence electrons. The number of aromatic nitrogens is 4. The number of rotatable bonds is 4. The molecule has 0 radical (unpaired) electrons. The third-order valence-corrected chi connectivity index (χ3v) is 4.84. The van der Waals surface area contributed by atoms with Crippen molar-refractivity contribution in [2.45, 2.75) is 19.6 Å². The van der Waals surface area contributed by atoms with Gasteiger partial charge in [-0.2, -0.15) is 0 Å². The van der Waals surface area contributed by atoms with E-state index < -0.39 is 5.72 Å². The SMILES string of the molecule is COc1ccc2c(c1)c(-c1cc3c(nc/c(=N/C=N/C(C)(C)O)n3C)[nH]1)cn2C. The topological polar surface area (TPSA) is 92.7 Å². The Morgan fingerprint density at radius 3 is 2.72 bits per heavy atom. The molecular formula is C21H24N6O2. The summed E-state index contributed by atoms with van der Waals surface area (Å²) < 4.78 is 9.43. The zero-order chi connectivity index (χ0) is 20.8. The number of nitrogens with one attached hydrogen (secondary N) is 1. The van der Waals surface area contributed by atoms with E-state index in [2.05, 4.69) is 42.8 Å². The first-order valence-corrected chi connectivity index (χ1v) is 9.25. The van der Waals surface area contributed by atoms with Gasteiger partial charge in [-0.3, -0.25) is 0 Å². The molecule has 0 aliphatic rings. The summed E-state index contributed by atoms with van der Waals surface area (Å²) in [4.78, 5) is 16.2. The third-order valence-electron chi connectivity index (χ3n) is 4.84. The number of fused-ring (bicyclic) bond motifs is 2. The first kappa shape index (κ1) is 18.9. The monoisotopic (exact) mass is 392 g/mol. The number of aliphatic hydroxyl groups is 1. The highest BCUT2D eigenvalue weighted by Crippen LogP contribution is 2.33. The first-order valence-electron chi connectivity index (χ1n) is 9.25. The standard InChI is InChI=1S/C21H24N6O2/c1-21(2,28)24-12-23-19-10-22-20-18(27(19)4)9-16(25-20)15-11-26(3)17-7-6-13(29-5)8-14(15)17/h6-12,25,28H,1-5H3/b23-19-,24-12+. The zero-order valence-electron chi connectivity index (χ0n) is 17.1. The lowest BCUT2D eigenvalue weighted by molar-refractivity contribution is 0.0913. The van der Waals surface area contributed by atoms with Gasteiger partial charge in [-0.05, 0) is 38.1 Å². The molecule has 4 aromatic rings. The average molecular weight is 392 g/mol. The van der Waals surface area contributed by atoms with Gasteiger partial charge in [-0.1, -0.05) is 0 Å². The number of aryl methyl sites for hydroxylation is 2. The van der Waals surface area contributed by atoms with Crippen molar-refractivity contribution in [3.05, 3.63) is 42.1 Å². The lowest BCUT2D eigenvalue weighted by Gasteiger charge is -2.08. The molecule has 0 aliphatic carbocycles. The summed E-state index contributed by atoms with van der Waals surface area (Å²) in [5, 5.41) is 10.8. The number of aliphatic imine (C=N–C) groups is 1. The number of hydrogen-bond donors (Lipinski definition) is 2. The van der Waals surface area contributed by atoms with Gasteiger partial charge in [0.1, 0.15) is 12.1 Å². The Morgan fingerprint density at radius 1 is 1.21 bits per heavy atom. The van der Waals surface area contributed by atoms with Gasteiger partial charge in [0.15, 0.2) is 16.9 Å². The Morgan fingerprint density at radius 2 is 2.00 bits per heavy atom. The summed E-state index contributed by atoms with van der Waals surface area (Å²) in [6.45, 7) is 3.19. The number of methoxy groups -OCH3 is 1. The molecule has 0 bridgehead atoms. The number of benzene rings is 1. The van der Waals surface area contributed by atoms with Crippen LogP contribution in [0.3, 0.4) is 0 Å². The van der Waals surface area contributed by atoms with Crippen LogP contribution in [0.2, 0.25) is 0 Å². The van der Waals surface area contributed by atoms with Crippen LogP contribution < -0.4 is 10.2 Å². The Bertz CT molecular complexity index is 1300. The maximum absolute atomic E-state index is 9.70. The van der Waals surface area contributed by atoms with Gasteiger partial charge in [0.2, 0.25) is 0 Å². The van der Waals surface area contributed by atoms with Crippen molar-refractivity contribution in [3.63, 3.8) is 0 Å². The second kappa shape index (κ2) is 6.89. The Kier molecular flexibility index (Phi) is 4.50. The normalized spacial score (nSPS) is 13.2. The van der Waals surface area contributed by atoms with E-state index in [9.17, 15) is 5.11 Å². The summed E-state index contributed by atoms with van der Waals surface area (Å²) in [5.41, 5.74) is 4.31. The number of hydrogen-bond acceptors (Lipinski definition) is 4. The van der Waals surface area contributed by atoms with Crippen molar-refractivity contribution in [3.8, 4) is 17.0 Å². The minimum Gasteiger partial charge on any atom is -0.497 e. The van der Waals surface area contributed by atoms with Gasteiger partial charge in [-0.15, -0.1) is 0 Å². The maximum atomic E-state index is 9.70. The highest BCUT2D eigenvalue weighted by atomic mass is 16.5. The molecule has 2 N–H and O–H groups in total. The molecule has 0 saturated carbocycles. The van der Waals surface area contributed by atoms with E-state index in [1.165, 1.54) is 6.34 Å². The lowest BCUT2D eigenvalue weighted by atomic mass is 10.1. The Hall–Kier alpha value is -3.39. The zero-order valence-corrected chi connectivity index (χ0v) is 17.1. The second-order valence-electron chi connectivity index (χ2n) is 7.50. The first-order chi connectivity index (χ1) is 13.8. The molecule has 0 aliphatic heterocycles. The van der Waals surface area contributed by atoms with Crippen LogP contribution in [-0.2, 0) is 14.1 Å². The highest BCUT2D eigenvalue weighted by Gasteiger charge is 2.13. The maximum Gasteiger partial charge on any atom is 0.154 e. The summed E-state index contributed by atoms with van der Waals surface area (Å²) in [7, 11) is 5.62. The molecule has 3 aromatic heterocycles. The van der Waals surface area contributed by atoms with E-state index >= 15 is 0 Å². The molecule has 0 unspecified atom stereocenters. The molecule has 0 saturated heterocycles. The fraction of sp³-hybridized carbons (Fsp3) is 0.286. The van der Waals surface area contributed by atoms with Gasteiger partial charge in [0.25, 0.3) is 0 Å². The van der Waals surface area contributed by atoms with Gasteiger partial charge >= 0.3 is 0 Å². The summed E-state index contributed by atoms with van der Waals surface area (Å²) in [6, 6.07) is 8.11. The summed E-state index contributed by atoms with van der Waals surface area (Å²) in [5.74, 6) is 0.817. The van der Waals surface area contributed by atoms with E-state index in [1.807, 2.05) is 30.8 Å². The van der Waals surface area contributed by atoms with Crippen LogP contribution in [0.4, 0.5) is 0 Å². The molecule has 0 fully saturated rings. The van der Waals surface area contributed by atoms with Gasteiger partial charge in [0.05, 0.1) is 24.5 Å². The lowest BCUT2D eigenvalue weighted by Crippen LogP contribution is -2.19. The van der Waals surface area contributed by atoms with E-state index in [-0.39, 0.29) is 0 Å². The molecule has 8 heteroatoms. The predicted molar refractivity (Wildman–Crippen MR) is 114 cm³/mol. The van der Waals surface area contributed by atoms with E-state index in [0.717, 1.165) is 39.1 Å². The van der Waals surface area contributed by atoms with Crippen LogP contribution in [-0.4, -0.2) is 43.4 Å². The molecule has 29 heavy (non-hydrogen) atoms. The molecule has 0 atom stereocenters. The molecule has 0 amide bonds. The summed E-state index contributed by atoms with van der Waals surface area (Å²) in [6.07, 6.45) is 5.12. The van der Waals surface area contributed by atoms with Crippen LogP contribution >= 0.6 is 0 Å². The van der Waals surface area contributed by atoms with Crippen molar-refractivity contribution in [1.29, 1.82) is 0 Å². The van der Waals surface area contributed by atoms with Crippen LogP contribution in [0.5, 0.6) is 5.75 Å². The fourth-order valence-electron chi connectivity index (χ4n) is 3.33. The number of ether oxygens (including phenoxy) is 1. The molecule has 1 aromatic carbocycles. The van der Waals surface area contributed by atoms with Crippen LogP contribution in [0, 0.1) is 0 Å². The van der Waals surface area contributed by atoms with Crippen molar-refractivity contribution >= 4 is 28.4 Å². The molecule has 0 spiro atoms. The van der Waals surface area contributed by atoms with Gasteiger partial charge in [-0.25, -0.2) is 15.0 Å². The van der Waals surface area contributed by atoms with Crippen LogP contribution in [0.25, 0.3) is 33.3 Å². The minimum absolute atomic E-state index is 0.635. The molecule has 3 heterocycles. The average Bonchev–Trinajstić information content (AvgIpc) is 3.24. The van der Waals surface area contributed by atoms with Crippen molar-refractivity contribution in [2.24, 2.45) is 24.1 Å². The summed E-state index contributed by atoms with van der Waals surface area (Å²) >= 11 is 0. The van der Waals surface area contributed by atoms with Crippen molar-refractivity contribution < 1.29 is 9.84 Å². The van der Waals surface area contributed by atoms with E-state index in [4.69, 9.17) is 4.74 Å². The second-order valence-corrected chi connectivity index (χ2v) is 7.50. The largest absolute Gasteiger partial charge is 0.497 e. The third kappa shape index (κ3) is 3.54. The molecular weight excluding hydrogens is 368 g/mol. The fourth-order valence-corrected chi connectivity index (χ4v) is 3.33. The van der Waals surface area contributed by atoms with E-state index in [0.29, 0.717) is 5.49 Å². The highest BCUT2D eigenvalue weighted by molar-refractivity contribution is 5.98.